The van der Waals surface area contributed by atoms with Crippen molar-refractivity contribution < 1.29 is 0 Å². The van der Waals surface area contributed by atoms with Gasteiger partial charge >= 0.3 is 0 Å². The second-order valence-corrected chi connectivity index (χ2v) is 5.31. The van der Waals surface area contributed by atoms with Crippen molar-refractivity contribution in [3.8, 4) is 0 Å². The standard InChI is InChI=1S/C14H23N3/c1-10-6-14(7-11(2)17-10)16-9-12-4-3-5-13(15)8-12/h6-7,12-13H,3-5,8-9,15H2,1-2H3,(H,16,17). The SMILES string of the molecule is Cc1cc(NCC2CCCC(N)C2)cc(C)n1. The Balaban J connectivity index is 1.88. The van der Waals surface area contributed by atoms with Crippen LogP contribution in [0.2, 0.25) is 0 Å². The van der Waals surface area contributed by atoms with Crippen LogP contribution in [-0.4, -0.2) is 17.6 Å². The van der Waals surface area contributed by atoms with E-state index in [1.807, 2.05) is 13.8 Å². The quantitative estimate of drug-likeness (QED) is 0.844. The Morgan fingerprint density at radius 1 is 1.29 bits per heavy atom. The van der Waals surface area contributed by atoms with Crippen LogP contribution in [0.5, 0.6) is 0 Å². The highest BCUT2D eigenvalue weighted by atomic mass is 14.9. The van der Waals surface area contributed by atoms with Crippen molar-refractivity contribution in [2.45, 2.75) is 45.6 Å². The van der Waals surface area contributed by atoms with Gasteiger partial charge in [-0.1, -0.05) is 6.42 Å². The second-order valence-electron chi connectivity index (χ2n) is 5.31. The molecule has 1 aliphatic carbocycles. The third-order valence-electron chi connectivity index (χ3n) is 3.50. The highest BCUT2D eigenvalue weighted by Gasteiger charge is 2.18. The van der Waals surface area contributed by atoms with Crippen LogP contribution in [0, 0.1) is 19.8 Å². The van der Waals surface area contributed by atoms with Crippen LogP contribution < -0.4 is 11.1 Å². The molecule has 94 valence electrons. The molecule has 1 saturated carbocycles. The molecule has 3 N–H and O–H groups in total. The van der Waals surface area contributed by atoms with E-state index in [4.69, 9.17) is 5.73 Å². The van der Waals surface area contributed by atoms with Crippen molar-refractivity contribution >= 4 is 5.69 Å². The molecule has 2 rings (SSSR count). The van der Waals surface area contributed by atoms with Gasteiger partial charge in [-0.25, -0.2) is 0 Å². The Hall–Kier alpha value is -1.09. The highest BCUT2D eigenvalue weighted by molar-refractivity contribution is 5.45. The predicted molar refractivity (Wildman–Crippen MR) is 72.1 cm³/mol. The van der Waals surface area contributed by atoms with Gasteiger partial charge in [0.2, 0.25) is 0 Å². The van der Waals surface area contributed by atoms with E-state index >= 15 is 0 Å². The Morgan fingerprint density at radius 2 is 2.00 bits per heavy atom. The van der Waals surface area contributed by atoms with Crippen LogP contribution in [0.3, 0.4) is 0 Å². The molecule has 1 aromatic heterocycles. The lowest BCUT2D eigenvalue weighted by molar-refractivity contribution is 0.335. The number of aromatic nitrogens is 1. The fourth-order valence-corrected chi connectivity index (χ4v) is 2.72. The molecule has 17 heavy (non-hydrogen) atoms. The molecule has 0 aromatic carbocycles. The van der Waals surface area contributed by atoms with Crippen LogP contribution in [0.25, 0.3) is 0 Å². The van der Waals surface area contributed by atoms with E-state index in [0.717, 1.165) is 30.3 Å². The summed E-state index contributed by atoms with van der Waals surface area (Å²) in [5.41, 5.74) is 9.35. The zero-order valence-electron chi connectivity index (χ0n) is 10.9. The van der Waals surface area contributed by atoms with Crippen molar-refractivity contribution in [3.05, 3.63) is 23.5 Å². The lowest BCUT2D eigenvalue weighted by Gasteiger charge is -2.27. The summed E-state index contributed by atoms with van der Waals surface area (Å²) in [4.78, 5) is 4.38. The van der Waals surface area contributed by atoms with E-state index in [1.165, 1.54) is 24.9 Å². The zero-order valence-corrected chi connectivity index (χ0v) is 10.9. The van der Waals surface area contributed by atoms with E-state index in [9.17, 15) is 0 Å². The summed E-state index contributed by atoms with van der Waals surface area (Å²) in [6.07, 6.45) is 4.95. The van der Waals surface area contributed by atoms with Crippen molar-refractivity contribution in [1.29, 1.82) is 0 Å². The van der Waals surface area contributed by atoms with Gasteiger partial charge in [-0.2, -0.15) is 0 Å². The molecule has 2 atom stereocenters. The van der Waals surface area contributed by atoms with Gasteiger partial charge in [-0.15, -0.1) is 0 Å². The van der Waals surface area contributed by atoms with Crippen LogP contribution in [0.15, 0.2) is 12.1 Å². The van der Waals surface area contributed by atoms with Crippen molar-refractivity contribution in [2.75, 3.05) is 11.9 Å². The van der Waals surface area contributed by atoms with Crippen molar-refractivity contribution in [2.24, 2.45) is 11.7 Å². The van der Waals surface area contributed by atoms with E-state index in [-0.39, 0.29) is 0 Å². The summed E-state index contributed by atoms with van der Waals surface area (Å²) in [6.45, 7) is 5.11. The molecular weight excluding hydrogens is 210 g/mol. The van der Waals surface area contributed by atoms with Gasteiger partial charge in [0.1, 0.15) is 0 Å². The third-order valence-corrected chi connectivity index (χ3v) is 3.50. The maximum Gasteiger partial charge on any atom is 0.0396 e. The molecule has 3 nitrogen and oxygen atoms in total. The minimum Gasteiger partial charge on any atom is -0.385 e. The van der Waals surface area contributed by atoms with E-state index < -0.39 is 0 Å². The number of anilines is 1. The molecule has 0 radical (unpaired) electrons. The first-order chi connectivity index (χ1) is 8.13. The number of hydrogen-bond acceptors (Lipinski definition) is 3. The average molecular weight is 233 g/mol. The molecule has 3 heteroatoms. The molecule has 1 aromatic rings. The third kappa shape index (κ3) is 3.70. The second kappa shape index (κ2) is 5.50. The molecule has 0 spiro atoms. The first-order valence-corrected chi connectivity index (χ1v) is 6.58. The van der Waals surface area contributed by atoms with Gasteiger partial charge in [-0.05, 0) is 51.2 Å². The molecule has 0 amide bonds. The minimum absolute atomic E-state index is 0.413. The molecule has 1 heterocycles. The number of rotatable bonds is 3. The van der Waals surface area contributed by atoms with Crippen molar-refractivity contribution in [1.82, 2.24) is 4.98 Å². The topological polar surface area (TPSA) is 50.9 Å². The van der Waals surface area contributed by atoms with Crippen LogP contribution in [0.4, 0.5) is 5.69 Å². The number of pyridine rings is 1. The summed E-state index contributed by atoms with van der Waals surface area (Å²) < 4.78 is 0. The van der Waals surface area contributed by atoms with Crippen LogP contribution in [-0.2, 0) is 0 Å². The Labute approximate surface area is 104 Å². The molecule has 1 aliphatic rings. The highest BCUT2D eigenvalue weighted by Crippen LogP contribution is 2.23. The van der Waals surface area contributed by atoms with Crippen molar-refractivity contribution in [3.63, 3.8) is 0 Å². The largest absolute Gasteiger partial charge is 0.385 e. The van der Waals surface area contributed by atoms with E-state index in [1.54, 1.807) is 0 Å². The first kappa shape index (κ1) is 12.4. The fourth-order valence-electron chi connectivity index (χ4n) is 2.72. The van der Waals surface area contributed by atoms with Gasteiger partial charge in [-0.3, -0.25) is 4.98 Å². The monoisotopic (exact) mass is 233 g/mol. The lowest BCUT2D eigenvalue weighted by atomic mass is 9.86. The fraction of sp³-hybridized carbons (Fsp3) is 0.643. The summed E-state index contributed by atoms with van der Waals surface area (Å²) in [5.74, 6) is 0.729. The molecular formula is C14H23N3. The molecule has 0 saturated heterocycles. The Kier molecular flexibility index (Phi) is 4.00. The van der Waals surface area contributed by atoms with Gasteiger partial charge in [0, 0.05) is 29.7 Å². The van der Waals surface area contributed by atoms with Gasteiger partial charge in [0.05, 0.1) is 0 Å². The minimum atomic E-state index is 0.413. The number of hydrogen-bond donors (Lipinski definition) is 2. The van der Waals surface area contributed by atoms with Gasteiger partial charge in [0.15, 0.2) is 0 Å². The summed E-state index contributed by atoms with van der Waals surface area (Å²) in [6, 6.07) is 4.63. The molecule has 1 fully saturated rings. The Bertz CT molecular complexity index is 355. The Morgan fingerprint density at radius 3 is 2.65 bits per heavy atom. The number of nitrogens with one attached hydrogen (secondary N) is 1. The zero-order chi connectivity index (χ0) is 12.3. The maximum atomic E-state index is 6.00. The number of nitrogens with zero attached hydrogens (tertiary/aromatic N) is 1. The summed E-state index contributed by atoms with van der Waals surface area (Å²) in [5, 5.41) is 3.52. The first-order valence-electron chi connectivity index (χ1n) is 6.58. The van der Waals surface area contributed by atoms with E-state index in [0.29, 0.717) is 6.04 Å². The molecule has 0 aliphatic heterocycles. The lowest BCUT2D eigenvalue weighted by Crippen LogP contribution is -2.30. The van der Waals surface area contributed by atoms with Gasteiger partial charge in [0.25, 0.3) is 0 Å². The van der Waals surface area contributed by atoms with Crippen LogP contribution >= 0.6 is 0 Å². The summed E-state index contributed by atoms with van der Waals surface area (Å²) in [7, 11) is 0. The van der Waals surface area contributed by atoms with E-state index in [2.05, 4.69) is 22.4 Å². The van der Waals surface area contributed by atoms with Crippen LogP contribution in [0.1, 0.15) is 37.1 Å². The smallest absolute Gasteiger partial charge is 0.0396 e. The van der Waals surface area contributed by atoms with Gasteiger partial charge < -0.3 is 11.1 Å². The summed E-state index contributed by atoms with van der Waals surface area (Å²) >= 11 is 0. The maximum absolute atomic E-state index is 6.00. The number of nitrogens with two attached hydrogens (primary N) is 1. The normalized spacial score (nSPS) is 24.6. The molecule has 2 unspecified atom stereocenters. The predicted octanol–water partition coefficient (Wildman–Crippen LogP) is 2.63. The number of aryl methyl sites for hydroxylation is 2. The molecule has 0 bridgehead atoms. The average Bonchev–Trinajstić information content (AvgIpc) is 2.25.